The molecule has 27 heavy (non-hydrogen) atoms. The van der Waals surface area contributed by atoms with Gasteiger partial charge in [0.15, 0.2) is 0 Å². The number of aliphatic carboxylic acids is 1. The zero-order chi connectivity index (χ0) is 20.0. The highest BCUT2D eigenvalue weighted by atomic mass is 19.3. The molecule has 0 aliphatic heterocycles. The van der Waals surface area contributed by atoms with Gasteiger partial charge in [-0.1, -0.05) is 103 Å². The Balaban J connectivity index is 3.03. The van der Waals surface area contributed by atoms with E-state index in [-0.39, 0.29) is 6.42 Å². The fourth-order valence-electron chi connectivity index (χ4n) is 3.41. The van der Waals surface area contributed by atoms with Gasteiger partial charge in [0.25, 0.3) is 0 Å². The smallest absolute Gasteiger partial charge is 0.348 e. The number of carbonyl (C=O) groups excluding carboxylic acids is 1. The van der Waals surface area contributed by atoms with Crippen LogP contribution in [0.1, 0.15) is 128 Å². The van der Waals surface area contributed by atoms with Crippen LogP contribution >= 0.6 is 0 Å². The van der Waals surface area contributed by atoms with Crippen molar-refractivity contribution < 1.29 is 24.2 Å². The molecular weight excluding hydrogens is 347 g/mol. The molecule has 5 heteroatoms. The first-order valence-electron chi connectivity index (χ1n) is 11.2. The molecule has 0 aromatic heterocycles. The first-order chi connectivity index (χ1) is 13.2. The van der Waals surface area contributed by atoms with Crippen LogP contribution in [0.25, 0.3) is 0 Å². The number of carboxylic acids is 1. The minimum Gasteiger partial charge on any atom is -0.481 e. The lowest BCUT2D eigenvalue weighted by molar-refractivity contribution is -0.183. The van der Waals surface area contributed by atoms with Crippen molar-refractivity contribution in [3.05, 3.63) is 0 Å². The first kappa shape index (κ1) is 25.9. The Hall–Kier alpha value is -1.13. The largest absolute Gasteiger partial charge is 0.481 e. The van der Waals surface area contributed by atoms with Gasteiger partial charge in [-0.3, -0.25) is 9.74 Å². The van der Waals surface area contributed by atoms with E-state index >= 15 is 0 Å². The van der Waals surface area contributed by atoms with Gasteiger partial charge in [0.2, 0.25) is 0 Å². The number of unbranched alkanes of at least 4 members (excludes halogenated alkanes) is 17. The third-order valence-electron chi connectivity index (χ3n) is 5.11. The molecule has 0 aliphatic rings. The molecule has 0 saturated heterocycles. The van der Waals surface area contributed by atoms with Gasteiger partial charge >= 0.3 is 11.9 Å². The van der Waals surface area contributed by atoms with E-state index in [2.05, 4.69) is 4.94 Å². The average molecular weight is 389 g/mol. The Kier molecular flexibility index (Phi) is 20.3. The summed E-state index contributed by atoms with van der Waals surface area (Å²) in [4.78, 5) is 24.1. The van der Waals surface area contributed by atoms with Gasteiger partial charge in [-0.25, -0.2) is 4.79 Å². The first-order valence-corrected chi connectivity index (χ1v) is 11.2. The Labute approximate surface area is 165 Å². The summed E-state index contributed by atoms with van der Waals surface area (Å²) in [5.41, 5.74) is 0. The number of halogens is 1. The fourth-order valence-corrected chi connectivity index (χ4v) is 3.41. The molecule has 0 fully saturated rings. The molecule has 4 nitrogen and oxygen atoms in total. The van der Waals surface area contributed by atoms with E-state index in [0.29, 0.717) is 6.42 Å². The average Bonchev–Trinajstić information content (AvgIpc) is 2.65. The molecule has 0 saturated carbocycles. The molecule has 0 aromatic carbocycles. The summed E-state index contributed by atoms with van der Waals surface area (Å²) < 4.78 is 11.5. The lowest BCUT2D eigenvalue weighted by Crippen LogP contribution is -1.96. The maximum absolute atomic E-state index is 11.5. The third kappa shape index (κ3) is 22.8. The van der Waals surface area contributed by atoms with Crippen molar-refractivity contribution >= 4 is 11.9 Å². The summed E-state index contributed by atoms with van der Waals surface area (Å²) in [5.74, 6) is -1.42. The summed E-state index contributed by atoms with van der Waals surface area (Å²) in [6, 6.07) is 0. The van der Waals surface area contributed by atoms with Crippen LogP contribution in [0.4, 0.5) is 4.53 Å². The Bertz CT molecular complexity index is 347. The van der Waals surface area contributed by atoms with E-state index in [9.17, 15) is 14.1 Å². The van der Waals surface area contributed by atoms with Crippen molar-refractivity contribution in [1.29, 1.82) is 0 Å². The van der Waals surface area contributed by atoms with Crippen molar-refractivity contribution in [2.45, 2.75) is 128 Å². The zero-order valence-electron chi connectivity index (χ0n) is 17.2. The van der Waals surface area contributed by atoms with E-state index in [0.717, 1.165) is 32.1 Å². The fraction of sp³-hybridized carbons (Fsp3) is 0.909. The Morgan fingerprint density at radius 1 is 0.519 bits per heavy atom. The van der Waals surface area contributed by atoms with Crippen molar-refractivity contribution in [1.82, 2.24) is 0 Å². The highest BCUT2D eigenvalue weighted by Gasteiger charge is 2.01. The quantitative estimate of drug-likeness (QED) is 0.209. The molecule has 0 aromatic rings. The molecule has 160 valence electrons. The zero-order valence-corrected chi connectivity index (χ0v) is 17.2. The number of carbonyl (C=O) groups is 2. The number of hydrogen-bond acceptors (Lipinski definition) is 3. The van der Waals surface area contributed by atoms with Crippen molar-refractivity contribution in [2.24, 2.45) is 0 Å². The minimum absolute atomic E-state index is 0.198. The van der Waals surface area contributed by atoms with E-state index in [1.807, 2.05) is 0 Å². The van der Waals surface area contributed by atoms with Crippen LogP contribution in [0.5, 0.6) is 0 Å². The van der Waals surface area contributed by atoms with Gasteiger partial charge < -0.3 is 5.11 Å². The third-order valence-corrected chi connectivity index (χ3v) is 5.11. The number of carboxylic acid groups (broad SMARTS) is 1. The van der Waals surface area contributed by atoms with Crippen LogP contribution in [0.3, 0.4) is 0 Å². The monoisotopic (exact) mass is 388 g/mol. The standard InChI is InChI=1S/C22H41FO4/c23-27-22(26)20-18-16-14-12-10-8-6-4-2-1-3-5-7-9-11-13-15-17-19-21(24)25/h1-20H2,(H,24,25). The summed E-state index contributed by atoms with van der Waals surface area (Å²) in [5, 5.41) is 8.56. The predicted octanol–water partition coefficient (Wildman–Crippen LogP) is 7.30. The van der Waals surface area contributed by atoms with E-state index in [1.165, 1.54) is 83.5 Å². The molecule has 0 unspecified atom stereocenters. The molecule has 0 amide bonds. The predicted molar refractivity (Wildman–Crippen MR) is 107 cm³/mol. The van der Waals surface area contributed by atoms with Gasteiger partial charge in [-0.2, -0.15) is 0 Å². The van der Waals surface area contributed by atoms with Gasteiger partial charge in [-0.05, 0) is 12.8 Å². The lowest BCUT2D eigenvalue weighted by atomic mass is 10.0. The molecule has 0 radical (unpaired) electrons. The van der Waals surface area contributed by atoms with Crippen molar-refractivity contribution in [3.63, 3.8) is 0 Å². The normalized spacial score (nSPS) is 10.9. The van der Waals surface area contributed by atoms with Crippen LogP contribution in [-0.4, -0.2) is 17.0 Å². The number of hydrogen-bond donors (Lipinski definition) is 1. The van der Waals surface area contributed by atoms with E-state index in [1.54, 1.807) is 0 Å². The molecule has 0 heterocycles. The molecule has 0 bridgehead atoms. The second kappa shape index (κ2) is 21.2. The van der Waals surface area contributed by atoms with Gasteiger partial charge in [0.1, 0.15) is 0 Å². The Morgan fingerprint density at radius 2 is 0.778 bits per heavy atom. The van der Waals surface area contributed by atoms with Crippen molar-refractivity contribution in [2.75, 3.05) is 0 Å². The molecule has 0 spiro atoms. The van der Waals surface area contributed by atoms with Crippen LogP contribution < -0.4 is 0 Å². The van der Waals surface area contributed by atoms with Gasteiger partial charge in [-0.15, -0.1) is 0 Å². The molecule has 0 rings (SSSR count). The van der Waals surface area contributed by atoms with E-state index in [4.69, 9.17) is 5.11 Å². The van der Waals surface area contributed by atoms with Gasteiger partial charge in [0.05, 0.1) is 0 Å². The number of rotatable bonds is 21. The molecular formula is C22H41FO4. The van der Waals surface area contributed by atoms with Crippen LogP contribution in [0.2, 0.25) is 0 Å². The minimum atomic E-state index is -0.747. The summed E-state index contributed by atoms with van der Waals surface area (Å²) >= 11 is 0. The van der Waals surface area contributed by atoms with Crippen LogP contribution in [0.15, 0.2) is 0 Å². The summed E-state index contributed by atoms with van der Waals surface area (Å²) in [6.45, 7) is 0. The van der Waals surface area contributed by atoms with Crippen LogP contribution in [0, 0.1) is 0 Å². The van der Waals surface area contributed by atoms with Gasteiger partial charge in [0, 0.05) is 17.4 Å². The molecule has 0 aliphatic carbocycles. The SMILES string of the molecule is O=C(O)CCCCCCCCCCCCCCCCCCCCC(=O)OF. The highest BCUT2D eigenvalue weighted by molar-refractivity contribution is 5.68. The van der Waals surface area contributed by atoms with Crippen molar-refractivity contribution in [3.8, 4) is 0 Å². The topological polar surface area (TPSA) is 63.6 Å². The summed E-state index contributed by atoms with van der Waals surface area (Å²) in [6.07, 6.45) is 22.1. The lowest BCUT2D eigenvalue weighted by Gasteiger charge is -2.04. The maximum Gasteiger partial charge on any atom is 0.348 e. The molecule has 1 N–H and O–H groups in total. The van der Waals surface area contributed by atoms with Crippen LogP contribution in [-0.2, 0) is 14.5 Å². The molecule has 0 atom stereocenters. The summed E-state index contributed by atoms with van der Waals surface area (Å²) in [7, 11) is 0. The second-order valence-electron chi connectivity index (χ2n) is 7.71. The highest BCUT2D eigenvalue weighted by Crippen LogP contribution is 2.14. The van der Waals surface area contributed by atoms with E-state index < -0.39 is 11.9 Å². The second-order valence-corrected chi connectivity index (χ2v) is 7.71. The maximum atomic E-state index is 11.5. The Morgan fingerprint density at radius 3 is 1.04 bits per heavy atom.